The number of methoxy groups -OCH3 is 1. The predicted molar refractivity (Wildman–Crippen MR) is 104 cm³/mol. The molecule has 0 bridgehead atoms. The lowest BCUT2D eigenvalue weighted by Crippen LogP contribution is -2.13. The van der Waals surface area contributed by atoms with Crippen LogP contribution >= 0.6 is 11.3 Å². The molecule has 1 amide bonds. The summed E-state index contributed by atoms with van der Waals surface area (Å²) in [5.41, 5.74) is 1.82. The summed E-state index contributed by atoms with van der Waals surface area (Å²) in [5.74, 6) is -0.0193. The number of benzene rings is 1. The lowest BCUT2D eigenvalue weighted by molar-refractivity contribution is 0.0603. The zero-order chi connectivity index (χ0) is 19.2. The Hall–Kier alpha value is -3.06. The molecule has 0 aliphatic rings. The van der Waals surface area contributed by atoms with Gasteiger partial charge in [0, 0.05) is 10.9 Å². The number of hydrogen-bond donors (Lipinski definition) is 1. The summed E-state index contributed by atoms with van der Waals surface area (Å²) >= 11 is 1.25. The monoisotopic (exact) mass is 385 g/mol. The number of amides is 1. The van der Waals surface area contributed by atoms with Gasteiger partial charge in [0.15, 0.2) is 5.76 Å². The molecule has 0 radical (unpaired) electrons. The van der Waals surface area contributed by atoms with E-state index < -0.39 is 11.9 Å². The first-order valence-electron chi connectivity index (χ1n) is 8.42. The van der Waals surface area contributed by atoms with Crippen molar-refractivity contribution in [3.05, 3.63) is 59.4 Å². The van der Waals surface area contributed by atoms with Crippen molar-refractivity contribution in [2.75, 3.05) is 19.0 Å². The van der Waals surface area contributed by atoms with E-state index in [9.17, 15) is 9.59 Å². The van der Waals surface area contributed by atoms with Crippen molar-refractivity contribution in [2.45, 2.75) is 13.3 Å². The Morgan fingerprint density at radius 2 is 1.96 bits per heavy atom. The minimum atomic E-state index is -0.521. The number of esters is 1. The number of furan rings is 1. The van der Waals surface area contributed by atoms with Crippen molar-refractivity contribution in [3.63, 3.8) is 0 Å². The quantitative estimate of drug-likeness (QED) is 0.589. The zero-order valence-corrected chi connectivity index (χ0v) is 15.8. The first-order valence-corrected chi connectivity index (χ1v) is 9.30. The van der Waals surface area contributed by atoms with Crippen molar-refractivity contribution in [1.29, 1.82) is 0 Å². The van der Waals surface area contributed by atoms with Gasteiger partial charge in [-0.15, -0.1) is 11.3 Å². The number of thiophene rings is 1. The largest absolute Gasteiger partial charge is 0.494 e. The third-order valence-corrected chi connectivity index (χ3v) is 4.69. The minimum Gasteiger partial charge on any atom is -0.494 e. The fourth-order valence-corrected chi connectivity index (χ4v) is 3.44. The highest BCUT2D eigenvalue weighted by atomic mass is 32.1. The van der Waals surface area contributed by atoms with Crippen LogP contribution in [0.15, 0.2) is 52.5 Å². The molecule has 0 spiro atoms. The molecule has 0 aliphatic carbocycles. The normalized spacial score (nSPS) is 10.4. The molecule has 7 heteroatoms. The van der Waals surface area contributed by atoms with Crippen LogP contribution in [0.2, 0.25) is 0 Å². The maximum atomic E-state index is 12.4. The Kier molecular flexibility index (Phi) is 5.93. The fourth-order valence-electron chi connectivity index (χ4n) is 2.49. The third kappa shape index (κ3) is 4.20. The summed E-state index contributed by atoms with van der Waals surface area (Å²) in [5, 5.41) is 4.94. The number of nitrogens with one attached hydrogen (secondary N) is 1. The summed E-state index contributed by atoms with van der Waals surface area (Å²) in [4.78, 5) is 24.6. The van der Waals surface area contributed by atoms with Gasteiger partial charge in [-0.3, -0.25) is 4.79 Å². The number of rotatable bonds is 7. The first kappa shape index (κ1) is 18.7. The van der Waals surface area contributed by atoms with E-state index in [1.165, 1.54) is 24.7 Å². The molecule has 3 rings (SSSR count). The molecule has 2 aromatic heterocycles. The van der Waals surface area contributed by atoms with Gasteiger partial charge in [-0.2, -0.15) is 0 Å². The van der Waals surface area contributed by atoms with Crippen LogP contribution in [0.1, 0.15) is 34.3 Å². The SMILES string of the molecule is CCCOc1ccc(-c2csc(NC(=O)c3ccco3)c2C(=O)OC)cc1. The fraction of sp³-hybridized carbons (Fsp3) is 0.200. The highest BCUT2D eigenvalue weighted by molar-refractivity contribution is 7.15. The van der Waals surface area contributed by atoms with Crippen molar-refractivity contribution in [2.24, 2.45) is 0 Å². The van der Waals surface area contributed by atoms with E-state index in [1.807, 2.05) is 36.6 Å². The van der Waals surface area contributed by atoms with Gasteiger partial charge in [0.1, 0.15) is 16.3 Å². The molecular formula is C20H19NO5S. The van der Waals surface area contributed by atoms with E-state index >= 15 is 0 Å². The molecule has 1 aromatic carbocycles. The van der Waals surface area contributed by atoms with Crippen LogP contribution in [0.3, 0.4) is 0 Å². The highest BCUT2D eigenvalue weighted by Crippen LogP contribution is 2.37. The van der Waals surface area contributed by atoms with E-state index in [1.54, 1.807) is 12.1 Å². The maximum Gasteiger partial charge on any atom is 0.341 e. The molecule has 6 nitrogen and oxygen atoms in total. The Labute approximate surface area is 160 Å². The number of carbonyl (C=O) groups excluding carboxylic acids is 2. The zero-order valence-electron chi connectivity index (χ0n) is 15.0. The standard InChI is InChI=1S/C20H19NO5S/c1-3-10-25-14-8-6-13(7-9-14)15-12-27-19(17(15)20(23)24-2)21-18(22)16-5-4-11-26-16/h4-9,11-12H,3,10H2,1-2H3,(H,21,22). The van der Waals surface area contributed by atoms with Gasteiger partial charge in [-0.25, -0.2) is 4.79 Å². The number of carbonyl (C=O) groups is 2. The van der Waals surface area contributed by atoms with Gasteiger partial charge in [0.25, 0.3) is 5.91 Å². The van der Waals surface area contributed by atoms with Crippen LogP contribution < -0.4 is 10.1 Å². The van der Waals surface area contributed by atoms with Crippen LogP contribution in [-0.2, 0) is 4.74 Å². The molecule has 2 heterocycles. The summed E-state index contributed by atoms with van der Waals surface area (Å²) in [6, 6.07) is 10.6. The first-order chi connectivity index (χ1) is 13.1. The van der Waals surface area contributed by atoms with Gasteiger partial charge in [-0.05, 0) is 36.2 Å². The van der Waals surface area contributed by atoms with Crippen molar-refractivity contribution < 1.29 is 23.5 Å². The highest BCUT2D eigenvalue weighted by Gasteiger charge is 2.23. The predicted octanol–water partition coefficient (Wildman–Crippen LogP) is 4.84. The second-order valence-corrected chi connectivity index (χ2v) is 6.53. The van der Waals surface area contributed by atoms with Gasteiger partial charge in [-0.1, -0.05) is 19.1 Å². The Balaban J connectivity index is 1.90. The lowest BCUT2D eigenvalue weighted by atomic mass is 10.0. The summed E-state index contributed by atoms with van der Waals surface area (Å²) in [6.07, 6.45) is 2.34. The van der Waals surface area contributed by atoms with Crippen molar-refractivity contribution >= 4 is 28.2 Å². The molecule has 0 fully saturated rings. The van der Waals surface area contributed by atoms with Crippen LogP contribution in [-0.4, -0.2) is 25.6 Å². The summed E-state index contributed by atoms with van der Waals surface area (Å²) in [7, 11) is 1.31. The summed E-state index contributed by atoms with van der Waals surface area (Å²) in [6.45, 7) is 2.69. The molecular weight excluding hydrogens is 366 g/mol. The van der Waals surface area contributed by atoms with Gasteiger partial charge in [0.2, 0.25) is 0 Å². The van der Waals surface area contributed by atoms with Crippen LogP contribution in [0.25, 0.3) is 11.1 Å². The molecule has 27 heavy (non-hydrogen) atoms. The smallest absolute Gasteiger partial charge is 0.341 e. The number of ether oxygens (including phenoxy) is 2. The number of anilines is 1. The Bertz CT molecular complexity index is 913. The molecule has 140 valence electrons. The molecule has 0 saturated heterocycles. The summed E-state index contributed by atoms with van der Waals surface area (Å²) < 4.78 is 15.6. The molecule has 3 aromatic rings. The molecule has 1 N–H and O–H groups in total. The van der Waals surface area contributed by atoms with E-state index in [2.05, 4.69) is 5.32 Å². The molecule has 0 unspecified atom stereocenters. The average molecular weight is 385 g/mol. The molecule has 0 atom stereocenters. The van der Waals surface area contributed by atoms with E-state index in [0.29, 0.717) is 22.7 Å². The topological polar surface area (TPSA) is 77.8 Å². The second-order valence-electron chi connectivity index (χ2n) is 5.65. The van der Waals surface area contributed by atoms with Gasteiger partial charge < -0.3 is 19.2 Å². The average Bonchev–Trinajstić information content (AvgIpc) is 3.36. The number of hydrogen-bond acceptors (Lipinski definition) is 6. The van der Waals surface area contributed by atoms with E-state index in [4.69, 9.17) is 13.9 Å². The molecule has 0 saturated carbocycles. The maximum absolute atomic E-state index is 12.4. The van der Waals surface area contributed by atoms with Crippen LogP contribution in [0.4, 0.5) is 5.00 Å². The lowest BCUT2D eigenvalue weighted by Gasteiger charge is -2.08. The molecule has 0 aliphatic heterocycles. The van der Waals surface area contributed by atoms with Crippen molar-refractivity contribution in [3.8, 4) is 16.9 Å². The van der Waals surface area contributed by atoms with Crippen LogP contribution in [0.5, 0.6) is 5.75 Å². The van der Waals surface area contributed by atoms with Gasteiger partial charge >= 0.3 is 5.97 Å². The van der Waals surface area contributed by atoms with Gasteiger partial charge in [0.05, 0.1) is 20.0 Å². The van der Waals surface area contributed by atoms with E-state index in [-0.39, 0.29) is 5.76 Å². The van der Waals surface area contributed by atoms with Crippen molar-refractivity contribution in [1.82, 2.24) is 0 Å². The Morgan fingerprint density at radius 3 is 2.59 bits per heavy atom. The Morgan fingerprint density at radius 1 is 1.19 bits per heavy atom. The van der Waals surface area contributed by atoms with E-state index in [0.717, 1.165) is 17.7 Å². The second kappa shape index (κ2) is 8.55. The third-order valence-electron chi connectivity index (χ3n) is 3.79. The van der Waals surface area contributed by atoms with Crippen LogP contribution in [0, 0.1) is 0 Å². The minimum absolute atomic E-state index is 0.165.